The fraction of sp³-hybridized carbons (Fsp3) is 0.250. The topological polar surface area (TPSA) is 88.9 Å². The molecule has 188 valence electrons. The number of amides is 2. The summed E-state index contributed by atoms with van der Waals surface area (Å²) in [6, 6.07) is 21.1. The number of urea groups is 1. The lowest BCUT2D eigenvalue weighted by atomic mass is 10.1. The van der Waals surface area contributed by atoms with Crippen LogP contribution in [0.4, 0.5) is 16.3 Å². The molecule has 0 aliphatic carbocycles. The van der Waals surface area contributed by atoms with E-state index in [1.807, 2.05) is 48.2 Å². The molecule has 0 atom stereocenters. The van der Waals surface area contributed by atoms with Crippen molar-refractivity contribution < 1.29 is 14.3 Å². The molecule has 3 aromatic carbocycles. The number of anilines is 2. The maximum absolute atomic E-state index is 13.6. The Morgan fingerprint density at radius 1 is 0.946 bits per heavy atom. The standard InChI is InChI=1S/C28H27N5O4/c1-19-6-8-20(9-7-19)17-33-23-5-3-2-4-22(23)30-26(27(33)34)31-12-14-32(15-13-31)28(35)29-21-10-11-24-25(16-21)37-18-36-24/h2-11,16H,12-15,17-18H2,1H3,(H,29,35). The molecule has 2 aliphatic heterocycles. The molecule has 1 N–H and O–H groups in total. The third kappa shape index (κ3) is 4.55. The fourth-order valence-corrected chi connectivity index (χ4v) is 4.72. The van der Waals surface area contributed by atoms with Gasteiger partial charge in [-0.2, -0.15) is 0 Å². The molecular formula is C28H27N5O4. The summed E-state index contributed by atoms with van der Waals surface area (Å²) in [7, 11) is 0. The number of rotatable bonds is 4. The van der Waals surface area contributed by atoms with Crippen LogP contribution in [0.1, 0.15) is 11.1 Å². The number of benzene rings is 3. The molecular weight excluding hydrogens is 470 g/mol. The number of piperazine rings is 1. The molecule has 0 saturated carbocycles. The average Bonchev–Trinajstić information content (AvgIpc) is 3.39. The van der Waals surface area contributed by atoms with Crippen LogP contribution in [0.15, 0.2) is 71.5 Å². The Morgan fingerprint density at radius 2 is 1.70 bits per heavy atom. The van der Waals surface area contributed by atoms with Gasteiger partial charge in [-0.15, -0.1) is 0 Å². The molecule has 9 nitrogen and oxygen atoms in total. The quantitative estimate of drug-likeness (QED) is 0.461. The summed E-state index contributed by atoms with van der Waals surface area (Å²) in [5, 5.41) is 2.92. The molecule has 2 aliphatic rings. The van der Waals surface area contributed by atoms with Gasteiger partial charge in [-0.1, -0.05) is 42.0 Å². The molecule has 1 saturated heterocycles. The minimum atomic E-state index is -0.193. The first-order valence-corrected chi connectivity index (χ1v) is 12.3. The summed E-state index contributed by atoms with van der Waals surface area (Å²) in [6.07, 6.45) is 0. The van der Waals surface area contributed by atoms with Gasteiger partial charge in [0.15, 0.2) is 17.3 Å². The van der Waals surface area contributed by atoms with E-state index in [2.05, 4.69) is 17.4 Å². The van der Waals surface area contributed by atoms with Gasteiger partial charge in [-0.05, 0) is 36.8 Å². The molecule has 0 bridgehead atoms. The number of hydrogen-bond donors (Lipinski definition) is 1. The van der Waals surface area contributed by atoms with E-state index in [9.17, 15) is 9.59 Å². The summed E-state index contributed by atoms with van der Waals surface area (Å²) in [4.78, 5) is 35.0. The number of para-hydroxylation sites is 2. The Morgan fingerprint density at radius 3 is 2.51 bits per heavy atom. The van der Waals surface area contributed by atoms with Gasteiger partial charge in [0, 0.05) is 37.9 Å². The minimum Gasteiger partial charge on any atom is -0.454 e. The van der Waals surface area contributed by atoms with Crippen molar-refractivity contribution in [2.24, 2.45) is 0 Å². The summed E-state index contributed by atoms with van der Waals surface area (Å²) in [6.45, 7) is 4.67. The van der Waals surface area contributed by atoms with E-state index in [1.165, 1.54) is 5.56 Å². The lowest BCUT2D eigenvalue weighted by Crippen LogP contribution is -2.51. The van der Waals surface area contributed by atoms with Crippen LogP contribution in [0, 0.1) is 6.92 Å². The highest BCUT2D eigenvalue weighted by molar-refractivity contribution is 5.90. The summed E-state index contributed by atoms with van der Waals surface area (Å²) in [5.41, 5.74) is 4.33. The molecule has 4 aromatic rings. The first-order valence-electron chi connectivity index (χ1n) is 12.3. The molecule has 0 unspecified atom stereocenters. The van der Waals surface area contributed by atoms with Gasteiger partial charge in [0.25, 0.3) is 5.56 Å². The van der Waals surface area contributed by atoms with Crippen molar-refractivity contribution in [1.29, 1.82) is 0 Å². The second-order valence-electron chi connectivity index (χ2n) is 9.27. The van der Waals surface area contributed by atoms with Gasteiger partial charge in [0.2, 0.25) is 6.79 Å². The van der Waals surface area contributed by atoms with Crippen molar-refractivity contribution in [2.75, 3.05) is 43.2 Å². The Labute approximate surface area is 213 Å². The zero-order valence-electron chi connectivity index (χ0n) is 20.5. The molecule has 6 rings (SSSR count). The van der Waals surface area contributed by atoms with E-state index >= 15 is 0 Å². The zero-order chi connectivity index (χ0) is 25.4. The Hall–Kier alpha value is -4.53. The Balaban J connectivity index is 1.20. The van der Waals surface area contributed by atoms with Crippen molar-refractivity contribution in [3.8, 4) is 11.5 Å². The monoisotopic (exact) mass is 497 g/mol. The summed E-state index contributed by atoms with van der Waals surface area (Å²) < 4.78 is 12.5. The van der Waals surface area contributed by atoms with Gasteiger partial charge in [-0.25, -0.2) is 9.78 Å². The molecule has 3 heterocycles. The zero-order valence-corrected chi connectivity index (χ0v) is 20.5. The number of nitrogens with zero attached hydrogens (tertiary/aromatic N) is 4. The van der Waals surface area contributed by atoms with Crippen LogP contribution in [-0.2, 0) is 6.54 Å². The van der Waals surface area contributed by atoms with Crippen molar-refractivity contribution in [1.82, 2.24) is 14.5 Å². The third-order valence-corrected chi connectivity index (χ3v) is 6.79. The van der Waals surface area contributed by atoms with E-state index in [1.54, 1.807) is 27.7 Å². The highest BCUT2D eigenvalue weighted by atomic mass is 16.7. The predicted octanol–water partition coefficient (Wildman–Crippen LogP) is 3.84. The van der Waals surface area contributed by atoms with Crippen LogP contribution >= 0.6 is 0 Å². The van der Waals surface area contributed by atoms with Crippen molar-refractivity contribution in [3.63, 3.8) is 0 Å². The third-order valence-electron chi connectivity index (χ3n) is 6.79. The molecule has 0 spiro atoms. The number of fused-ring (bicyclic) bond motifs is 2. The predicted molar refractivity (Wildman–Crippen MR) is 142 cm³/mol. The molecule has 1 fully saturated rings. The molecule has 2 amide bonds. The van der Waals surface area contributed by atoms with E-state index in [-0.39, 0.29) is 18.4 Å². The van der Waals surface area contributed by atoms with E-state index < -0.39 is 0 Å². The molecule has 1 aromatic heterocycles. The van der Waals surface area contributed by atoms with Gasteiger partial charge in [0.1, 0.15) is 0 Å². The number of carbonyl (C=O) groups excluding carboxylic acids is 1. The Bertz CT molecular complexity index is 1520. The van der Waals surface area contributed by atoms with Gasteiger partial charge in [-0.3, -0.25) is 9.36 Å². The maximum Gasteiger partial charge on any atom is 0.321 e. The number of nitrogens with one attached hydrogen (secondary N) is 1. The van der Waals surface area contributed by atoms with Crippen molar-refractivity contribution >= 4 is 28.6 Å². The smallest absolute Gasteiger partial charge is 0.321 e. The first-order chi connectivity index (χ1) is 18.0. The summed E-state index contributed by atoms with van der Waals surface area (Å²) >= 11 is 0. The fourth-order valence-electron chi connectivity index (χ4n) is 4.72. The SMILES string of the molecule is Cc1ccc(Cn2c(=O)c(N3CCN(C(=O)Nc4ccc5c(c4)OCO5)CC3)nc3ccccc32)cc1. The molecule has 9 heteroatoms. The Kier molecular flexibility index (Phi) is 5.88. The highest BCUT2D eigenvalue weighted by Gasteiger charge is 2.25. The van der Waals surface area contributed by atoms with Crippen LogP contribution in [0.5, 0.6) is 11.5 Å². The number of carbonyl (C=O) groups is 1. The number of hydrogen-bond acceptors (Lipinski definition) is 6. The summed E-state index contributed by atoms with van der Waals surface area (Å²) in [5.74, 6) is 1.70. The maximum atomic E-state index is 13.6. The van der Waals surface area contributed by atoms with Crippen LogP contribution in [0.3, 0.4) is 0 Å². The second kappa shape index (κ2) is 9.50. The minimum absolute atomic E-state index is 0.127. The largest absolute Gasteiger partial charge is 0.454 e. The van der Waals surface area contributed by atoms with E-state index in [0.29, 0.717) is 55.7 Å². The number of ether oxygens (including phenoxy) is 2. The van der Waals surface area contributed by atoms with Gasteiger partial charge < -0.3 is 24.6 Å². The highest BCUT2D eigenvalue weighted by Crippen LogP contribution is 2.34. The molecule has 0 radical (unpaired) electrons. The number of aryl methyl sites for hydroxylation is 1. The average molecular weight is 498 g/mol. The second-order valence-corrected chi connectivity index (χ2v) is 9.27. The van der Waals surface area contributed by atoms with Crippen LogP contribution in [0.25, 0.3) is 11.0 Å². The first kappa shape index (κ1) is 22.9. The van der Waals surface area contributed by atoms with Gasteiger partial charge in [0.05, 0.1) is 17.6 Å². The van der Waals surface area contributed by atoms with Crippen molar-refractivity contribution in [2.45, 2.75) is 13.5 Å². The normalized spacial score (nSPS) is 14.7. The van der Waals surface area contributed by atoms with Gasteiger partial charge >= 0.3 is 6.03 Å². The van der Waals surface area contributed by atoms with Crippen molar-refractivity contribution in [3.05, 3.63) is 88.2 Å². The van der Waals surface area contributed by atoms with Crippen LogP contribution in [0.2, 0.25) is 0 Å². The molecule has 37 heavy (non-hydrogen) atoms. The van der Waals surface area contributed by atoms with Crippen LogP contribution < -0.4 is 25.2 Å². The lowest BCUT2D eigenvalue weighted by molar-refractivity contribution is 0.174. The number of aromatic nitrogens is 2. The van der Waals surface area contributed by atoms with E-state index in [0.717, 1.165) is 16.6 Å². The van der Waals surface area contributed by atoms with Crippen LogP contribution in [-0.4, -0.2) is 53.5 Å². The lowest BCUT2D eigenvalue weighted by Gasteiger charge is -2.35. The van der Waals surface area contributed by atoms with E-state index in [4.69, 9.17) is 14.5 Å².